The van der Waals surface area contributed by atoms with Crippen LogP contribution in [0.1, 0.15) is 17.5 Å². The first kappa shape index (κ1) is 17.4. The number of aryl methyl sites for hydroxylation is 2. The van der Waals surface area contributed by atoms with Crippen LogP contribution in [0.2, 0.25) is 0 Å². The van der Waals surface area contributed by atoms with Gasteiger partial charge in [0.2, 0.25) is 5.91 Å². The van der Waals surface area contributed by atoms with E-state index in [1.807, 2.05) is 35.0 Å². The van der Waals surface area contributed by atoms with Gasteiger partial charge in [0.15, 0.2) is 0 Å². The van der Waals surface area contributed by atoms with Crippen LogP contribution in [0, 0.1) is 24.1 Å². The van der Waals surface area contributed by atoms with E-state index in [0.717, 1.165) is 16.5 Å². The highest BCUT2D eigenvalue weighted by molar-refractivity contribution is 6.03. The summed E-state index contributed by atoms with van der Waals surface area (Å²) in [6.45, 7) is 2.34. The molecule has 3 rings (SSSR count). The molecule has 0 atom stereocenters. The number of hydrogen-bond donors (Lipinski definition) is 1. The number of halogens is 1. The second-order valence-electron chi connectivity index (χ2n) is 5.98. The smallest absolute Gasteiger partial charge is 0.248 e. The maximum atomic E-state index is 13.1. The second-order valence-corrected chi connectivity index (χ2v) is 5.98. The number of carbonyl (C=O) groups excluding carboxylic acids is 1. The number of nitrogens with zero attached hydrogens (tertiary/aromatic N) is 2. The zero-order valence-electron chi connectivity index (χ0n) is 14.4. The molecule has 0 unspecified atom stereocenters. The van der Waals surface area contributed by atoms with Crippen molar-refractivity contribution < 1.29 is 9.18 Å². The van der Waals surface area contributed by atoms with E-state index >= 15 is 0 Å². The Morgan fingerprint density at radius 1 is 1.31 bits per heavy atom. The van der Waals surface area contributed by atoms with E-state index in [0.29, 0.717) is 24.2 Å². The number of aromatic nitrogens is 1. The van der Waals surface area contributed by atoms with Crippen LogP contribution in [0.5, 0.6) is 0 Å². The first-order chi connectivity index (χ1) is 12.6. The normalized spacial score (nSPS) is 11.0. The molecule has 0 spiro atoms. The first-order valence-electron chi connectivity index (χ1n) is 8.28. The van der Waals surface area contributed by atoms with Gasteiger partial charge in [0, 0.05) is 41.0 Å². The molecule has 3 aromatic rings. The number of hydrogen-bond acceptors (Lipinski definition) is 2. The van der Waals surface area contributed by atoms with Gasteiger partial charge in [-0.25, -0.2) is 4.39 Å². The molecule has 0 radical (unpaired) electrons. The van der Waals surface area contributed by atoms with Crippen LogP contribution in [0.4, 0.5) is 10.1 Å². The molecule has 0 saturated heterocycles. The molecule has 4 nitrogen and oxygen atoms in total. The Bertz CT molecular complexity index is 1030. The Hall–Kier alpha value is -3.39. The molecule has 0 saturated carbocycles. The van der Waals surface area contributed by atoms with Gasteiger partial charge in [0.05, 0.1) is 12.5 Å². The fourth-order valence-corrected chi connectivity index (χ4v) is 2.87. The Labute approximate surface area is 151 Å². The molecule has 1 aromatic heterocycles. The van der Waals surface area contributed by atoms with Gasteiger partial charge < -0.3 is 9.88 Å². The Kier molecular flexibility index (Phi) is 5.14. The summed E-state index contributed by atoms with van der Waals surface area (Å²) < 4.78 is 15.2. The summed E-state index contributed by atoms with van der Waals surface area (Å²) in [7, 11) is 0. The first-order valence-corrected chi connectivity index (χ1v) is 8.28. The third-order valence-electron chi connectivity index (χ3n) is 4.14. The number of benzene rings is 2. The van der Waals surface area contributed by atoms with Crippen LogP contribution in [-0.2, 0) is 11.3 Å². The van der Waals surface area contributed by atoms with E-state index in [1.165, 1.54) is 18.2 Å². The molecule has 0 fully saturated rings. The molecular weight excluding hydrogens is 329 g/mol. The SMILES string of the molecule is Cc1cc(F)ccc1NC(=O)/C=C/c1cn(CCC#N)c2ccccc12. The molecule has 0 aliphatic carbocycles. The monoisotopic (exact) mass is 347 g/mol. The number of rotatable bonds is 5. The van der Waals surface area contributed by atoms with Crippen molar-refractivity contribution in [2.75, 3.05) is 5.32 Å². The fourth-order valence-electron chi connectivity index (χ4n) is 2.87. The minimum atomic E-state index is -0.332. The van der Waals surface area contributed by atoms with Gasteiger partial charge in [0.25, 0.3) is 0 Å². The number of carbonyl (C=O) groups is 1. The Morgan fingerprint density at radius 3 is 2.88 bits per heavy atom. The van der Waals surface area contributed by atoms with Crippen LogP contribution in [0.25, 0.3) is 17.0 Å². The number of fused-ring (bicyclic) bond motifs is 1. The van der Waals surface area contributed by atoms with Crippen LogP contribution < -0.4 is 5.32 Å². The van der Waals surface area contributed by atoms with E-state index in [2.05, 4.69) is 11.4 Å². The van der Waals surface area contributed by atoms with Gasteiger partial charge in [-0.1, -0.05) is 18.2 Å². The van der Waals surface area contributed by atoms with E-state index in [1.54, 1.807) is 19.1 Å². The number of anilines is 1. The molecular formula is C21H18FN3O. The maximum Gasteiger partial charge on any atom is 0.248 e. The van der Waals surface area contributed by atoms with E-state index < -0.39 is 0 Å². The lowest BCUT2D eigenvalue weighted by Gasteiger charge is -2.05. The largest absolute Gasteiger partial charge is 0.346 e. The highest BCUT2D eigenvalue weighted by atomic mass is 19.1. The van der Waals surface area contributed by atoms with Crippen molar-refractivity contribution in [2.45, 2.75) is 19.9 Å². The summed E-state index contributed by atoms with van der Waals surface area (Å²) in [6.07, 6.45) is 5.57. The minimum Gasteiger partial charge on any atom is -0.346 e. The number of nitrogens with one attached hydrogen (secondary N) is 1. The number of para-hydroxylation sites is 1. The summed E-state index contributed by atoms with van der Waals surface area (Å²) in [6, 6.07) is 14.3. The molecule has 1 amide bonds. The molecule has 0 bridgehead atoms. The third-order valence-corrected chi connectivity index (χ3v) is 4.14. The van der Waals surface area contributed by atoms with Crippen molar-refractivity contribution in [3.05, 3.63) is 71.7 Å². The minimum absolute atomic E-state index is 0.284. The number of nitriles is 1. The quantitative estimate of drug-likeness (QED) is 0.683. The topological polar surface area (TPSA) is 57.8 Å². The molecule has 1 heterocycles. The maximum absolute atomic E-state index is 13.1. The van der Waals surface area contributed by atoms with Crippen molar-refractivity contribution in [1.29, 1.82) is 5.26 Å². The highest BCUT2D eigenvalue weighted by Gasteiger charge is 2.07. The second kappa shape index (κ2) is 7.66. The average Bonchev–Trinajstić information content (AvgIpc) is 2.99. The Balaban J connectivity index is 1.81. The Morgan fingerprint density at radius 2 is 2.12 bits per heavy atom. The molecule has 1 N–H and O–H groups in total. The highest BCUT2D eigenvalue weighted by Crippen LogP contribution is 2.23. The van der Waals surface area contributed by atoms with Crippen molar-refractivity contribution in [1.82, 2.24) is 4.57 Å². The van der Waals surface area contributed by atoms with Gasteiger partial charge in [-0.3, -0.25) is 4.79 Å². The van der Waals surface area contributed by atoms with Gasteiger partial charge in [-0.05, 0) is 42.8 Å². The van der Waals surface area contributed by atoms with E-state index in [-0.39, 0.29) is 11.7 Å². The molecule has 130 valence electrons. The standard InChI is InChI=1S/C21H18FN3O/c1-15-13-17(22)8-9-19(15)24-21(26)10-7-16-14-25(12-4-11-23)20-6-3-2-5-18(16)20/h2-3,5-10,13-14H,4,12H2,1H3,(H,24,26)/b10-7+. The van der Waals surface area contributed by atoms with Gasteiger partial charge >= 0.3 is 0 Å². The zero-order valence-corrected chi connectivity index (χ0v) is 14.4. The molecule has 0 aliphatic heterocycles. The summed E-state index contributed by atoms with van der Waals surface area (Å²) in [5.41, 5.74) is 3.18. The van der Waals surface area contributed by atoms with Crippen molar-refractivity contribution >= 4 is 28.6 Å². The lowest BCUT2D eigenvalue weighted by Crippen LogP contribution is -2.08. The summed E-state index contributed by atoms with van der Waals surface area (Å²) in [4.78, 5) is 12.2. The van der Waals surface area contributed by atoms with Crippen molar-refractivity contribution in [3.8, 4) is 6.07 Å². The predicted octanol–water partition coefficient (Wildman–Crippen LogP) is 4.65. The lowest BCUT2D eigenvalue weighted by molar-refractivity contribution is -0.111. The van der Waals surface area contributed by atoms with Crippen LogP contribution in [0.15, 0.2) is 54.7 Å². The van der Waals surface area contributed by atoms with Crippen molar-refractivity contribution in [2.24, 2.45) is 0 Å². The molecule has 2 aromatic carbocycles. The van der Waals surface area contributed by atoms with Crippen LogP contribution in [0.3, 0.4) is 0 Å². The van der Waals surface area contributed by atoms with Gasteiger partial charge in [-0.15, -0.1) is 0 Å². The predicted molar refractivity (Wildman–Crippen MR) is 101 cm³/mol. The molecule has 5 heteroatoms. The van der Waals surface area contributed by atoms with Crippen LogP contribution in [-0.4, -0.2) is 10.5 Å². The summed E-state index contributed by atoms with van der Waals surface area (Å²) in [5.74, 6) is -0.616. The molecule has 0 aliphatic rings. The van der Waals surface area contributed by atoms with E-state index in [4.69, 9.17) is 5.26 Å². The average molecular weight is 347 g/mol. The fraction of sp³-hybridized carbons (Fsp3) is 0.143. The summed E-state index contributed by atoms with van der Waals surface area (Å²) in [5, 5.41) is 12.6. The van der Waals surface area contributed by atoms with E-state index in [9.17, 15) is 9.18 Å². The van der Waals surface area contributed by atoms with Crippen molar-refractivity contribution in [3.63, 3.8) is 0 Å². The third kappa shape index (κ3) is 3.81. The number of amides is 1. The van der Waals surface area contributed by atoms with Gasteiger partial charge in [0.1, 0.15) is 5.82 Å². The lowest BCUT2D eigenvalue weighted by atomic mass is 10.1. The van der Waals surface area contributed by atoms with Crippen LogP contribution >= 0.6 is 0 Å². The zero-order chi connectivity index (χ0) is 18.5. The summed E-state index contributed by atoms with van der Waals surface area (Å²) >= 11 is 0. The molecule has 26 heavy (non-hydrogen) atoms. The van der Waals surface area contributed by atoms with Gasteiger partial charge in [-0.2, -0.15) is 5.26 Å².